The number of halogens is 1. The second-order valence-electron chi connectivity index (χ2n) is 3.27. The topological polar surface area (TPSA) is 38.3 Å². The fraction of sp³-hybridized carbons (Fsp3) is 0.900. The molecule has 0 heterocycles. The summed E-state index contributed by atoms with van der Waals surface area (Å²) in [5, 5.41) is 2.55. The molecule has 0 spiro atoms. The molecule has 1 fully saturated rings. The maximum Gasteiger partial charge on any atom is 0.409 e. The highest BCUT2D eigenvalue weighted by Gasteiger charge is 2.24. The number of nitrogens with one attached hydrogen (secondary N) is 1. The van der Waals surface area contributed by atoms with Crippen LogP contribution < -0.4 is 5.32 Å². The predicted molar refractivity (Wildman–Crippen MR) is 53.7 cm³/mol. The van der Waals surface area contributed by atoms with Gasteiger partial charge in [0.25, 0.3) is 0 Å². The number of amides is 1. The molecule has 1 aliphatic carbocycles. The third-order valence-corrected chi connectivity index (χ3v) is 1.93. The fourth-order valence-electron chi connectivity index (χ4n) is 1.20. The lowest BCUT2D eigenvalue weighted by atomic mass is 10.2. The van der Waals surface area contributed by atoms with Crippen LogP contribution in [0.15, 0.2) is 0 Å². The summed E-state index contributed by atoms with van der Waals surface area (Å²) in [5.41, 5.74) is 0. The first-order chi connectivity index (χ1) is 6.72. The lowest BCUT2D eigenvalue weighted by Gasteiger charge is -2.11. The number of rotatable bonds is 4. The zero-order valence-electron chi connectivity index (χ0n) is 9.18. The number of alkyl halides is 1. The quantitative estimate of drug-likeness (QED) is 0.766. The van der Waals surface area contributed by atoms with Crippen molar-refractivity contribution in [2.45, 2.75) is 46.1 Å². The molecule has 4 heteroatoms. The molecule has 1 rings (SSSR count). The van der Waals surface area contributed by atoms with E-state index in [1.165, 1.54) is 12.8 Å². The van der Waals surface area contributed by atoms with Gasteiger partial charge in [-0.3, -0.25) is 0 Å². The summed E-state index contributed by atoms with van der Waals surface area (Å²) in [6.45, 7) is 4.85. The monoisotopic (exact) mass is 205 g/mol. The molecule has 1 N–H and O–H groups in total. The minimum atomic E-state index is -1.05. The molecule has 1 amide bonds. The Morgan fingerprint density at radius 2 is 2.14 bits per heavy atom. The average molecular weight is 205 g/mol. The Morgan fingerprint density at radius 1 is 1.57 bits per heavy atom. The normalized spacial score (nSPS) is 16.3. The van der Waals surface area contributed by atoms with E-state index in [0.29, 0.717) is 0 Å². The lowest BCUT2D eigenvalue weighted by Crippen LogP contribution is -2.33. The van der Waals surface area contributed by atoms with Gasteiger partial charge >= 0.3 is 6.09 Å². The molecular formula is C10H20FNO2. The second-order valence-corrected chi connectivity index (χ2v) is 3.27. The maximum absolute atomic E-state index is 11.5. The average Bonchev–Trinajstić information content (AvgIpc) is 2.92. The summed E-state index contributed by atoms with van der Waals surface area (Å²) in [4.78, 5) is 10.7. The summed E-state index contributed by atoms with van der Waals surface area (Å²) in [5.74, 6) is 0.755. The molecule has 14 heavy (non-hydrogen) atoms. The van der Waals surface area contributed by atoms with Crippen molar-refractivity contribution in [1.29, 1.82) is 0 Å². The Morgan fingerprint density at radius 3 is 2.57 bits per heavy atom. The minimum absolute atomic E-state index is 0.0940. The standard InChI is InChI=1S/C8H14FNO2.C2H6/c1-6(4-7-2-3-7)10-8(11)12-5-9;1-2/h6-7H,2-5H2,1H3,(H,10,11);1-2H3. The molecule has 0 aromatic carbocycles. The van der Waals surface area contributed by atoms with Gasteiger partial charge in [-0.1, -0.05) is 26.7 Å². The molecule has 0 aliphatic heterocycles. The van der Waals surface area contributed by atoms with E-state index in [2.05, 4.69) is 10.1 Å². The van der Waals surface area contributed by atoms with E-state index in [-0.39, 0.29) is 6.04 Å². The van der Waals surface area contributed by atoms with Crippen LogP contribution in [-0.4, -0.2) is 19.0 Å². The Balaban J connectivity index is 0.000000791. The molecule has 1 unspecified atom stereocenters. The predicted octanol–water partition coefficient (Wildman–Crippen LogP) is 2.85. The molecule has 3 nitrogen and oxygen atoms in total. The largest absolute Gasteiger partial charge is 0.418 e. The van der Waals surface area contributed by atoms with Gasteiger partial charge in [0.15, 0.2) is 0 Å². The summed E-state index contributed by atoms with van der Waals surface area (Å²) in [7, 11) is 0. The van der Waals surface area contributed by atoms with Crippen LogP contribution in [0.25, 0.3) is 0 Å². The highest BCUT2D eigenvalue weighted by Crippen LogP contribution is 2.33. The van der Waals surface area contributed by atoms with E-state index in [1.807, 2.05) is 20.8 Å². The van der Waals surface area contributed by atoms with Gasteiger partial charge in [0.2, 0.25) is 6.86 Å². The van der Waals surface area contributed by atoms with Crippen molar-refractivity contribution < 1.29 is 13.9 Å². The van der Waals surface area contributed by atoms with Crippen LogP contribution in [0.2, 0.25) is 0 Å². The Bertz CT molecular complexity index is 160. The van der Waals surface area contributed by atoms with Crippen LogP contribution in [0.1, 0.15) is 40.0 Å². The zero-order chi connectivity index (χ0) is 11.0. The van der Waals surface area contributed by atoms with Crippen molar-refractivity contribution in [1.82, 2.24) is 5.32 Å². The number of ether oxygens (including phenoxy) is 1. The molecule has 84 valence electrons. The Labute approximate surface area is 85.0 Å². The van der Waals surface area contributed by atoms with Crippen molar-refractivity contribution in [3.63, 3.8) is 0 Å². The van der Waals surface area contributed by atoms with Crippen LogP contribution in [-0.2, 0) is 4.74 Å². The van der Waals surface area contributed by atoms with Gasteiger partial charge in [0.05, 0.1) is 0 Å². The Kier molecular flexibility index (Phi) is 7.16. The first kappa shape index (κ1) is 13.2. The number of hydrogen-bond donors (Lipinski definition) is 1. The number of carbonyl (C=O) groups is 1. The molecule has 1 aliphatic rings. The van der Waals surface area contributed by atoms with E-state index >= 15 is 0 Å². The first-order valence-electron chi connectivity index (χ1n) is 5.21. The maximum atomic E-state index is 11.5. The molecule has 0 bridgehead atoms. The molecule has 1 saturated carbocycles. The van der Waals surface area contributed by atoms with Gasteiger partial charge in [-0.2, -0.15) is 0 Å². The number of hydrogen-bond acceptors (Lipinski definition) is 2. The van der Waals surface area contributed by atoms with Crippen molar-refractivity contribution in [2.75, 3.05) is 6.86 Å². The van der Waals surface area contributed by atoms with Crippen LogP contribution in [0.5, 0.6) is 0 Å². The third kappa shape index (κ3) is 6.69. The third-order valence-electron chi connectivity index (χ3n) is 1.93. The van der Waals surface area contributed by atoms with Gasteiger partial charge in [0.1, 0.15) is 0 Å². The minimum Gasteiger partial charge on any atom is -0.418 e. The van der Waals surface area contributed by atoms with Crippen molar-refractivity contribution in [3.8, 4) is 0 Å². The summed E-state index contributed by atoms with van der Waals surface area (Å²) < 4.78 is 15.6. The van der Waals surface area contributed by atoms with E-state index in [9.17, 15) is 9.18 Å². The van der Waals surface area contributed by atoms with E-state index in [1.54, 1.807) is 0 Å². The van der Waals surface area contributed by atoms with Gasteiger partial charge in [-0.25, -0.2) is 9.18 Å². The van der Waals surface area contributed by atoms with Crippen molar-refractivity contribution in [2.24, 2.45) is 5.92 Å². The number of carbonyl (C=O) groups excluding carboxylic acids is 1. The van der Waals surface area contributed by atoms with Gasteiger partial charge in [-0.15, -0.1) is 0 Å². The highest BCUT2D eigenvalue weighted by molar-refractivity contribution is 5.67. The van der Waals surface area contributed by atoms with Crippen LogP contribution >= 0.6 is 0 Å². The summed E-state index contributed by atoms with van der Waals surface area (Å²) in [6.07, 6.45) is 2.82. The van der Waals surface area contributed by atoms with E-state index < -0.39 is 13.0 Å². The van der Waals surface area contributed by atoms with Gasteiger partial charge in [-0.05, 0) is 19.3 Å². The van der Waals surface area contributed by atoms with E-state index in [4.69, 9.17) is 0 Å². The highest BCUT2D eigenvalue weighted by atomic mass is 19.1. The Hall–Kier alpha value is -0.800. The van der Waals surface area contributed by atoms with Crippen LogP contribution in [0.4, 0.5) is 9.18 Å². The van der Waals surface area contributed by atoms with Gasteiger partial charge < -0.3 is 10.1 Å². The lowest BCUT2D eigenvalue weighted by molar-refractivity contribution is 0.0955. The molecule has 0 aromatic rings. The molecule has 0 radical (unpaired) electrons. The van der Waals surface area contributed by atoms with Gasteiger partial charge in [0, 0.05) is 6.04 Å². The fourth-order valence-corrected chi connectivity index (χ4v) is 1.20. The first-order valence-corrected chi connectivity index (χ1v) is 5.21. The smallest absolute Gasteiger partial charge is 0.409 e. The molecule has 0 saturated heterocycles. The van der Waals surface area contributed by atoms with Crippen molar-refractivity contribution in [3.05, 3.63) is 0 Å². The SMILES string of the molecule is CC.CC(CC1CC1)NC(=O)OCF. The molecule has 0 aromatic heterocycles. The summed E-state index contributed by atoms with van der Waals surface area (Å²) in [6, 6.07) is 0.0940. The number of alkyl carbamates (subject to hydrolysis) is 1. The zero-order valence-corrected chi connectivity index (χ0v) is 9.18. The second kappa shape index (κ2) is 7.59. The van der Waals surface area contributed by atoms with E-state index in [0.717, 1.165) is 12.3 Å². The summed E-state index contributed by atoms with van der Waals surface area (Å²) >= 11 is 0. The van der Waals surface area contributed by atoms with Crippen LogP contribution in [0.3, 0.4) is 0 Å². The van der Waals surface area contributed by atoms with Crippen LogP contribution in [0, 0.1) is 5.92 Å². The molecule has 1 atom stereocenters. The molecular weight excluding hydrogens is 185 g/mol. The van der Waals surface area contributed by atoms with Crippen molar-refractivity contribution >= 4 is 6.09 Å².